The Kier molecular flexibility index (Phi) is 2.59. The van der Waals surface area contributed by atoms with Crippen LogP contribution >= 0.6 is 23.2 Å². The second kappa shape index (κ2) is 3.76. The Balaban J connectivity index is 2.59. The molecule has 0 saturated carbocycles. The van der Waals surface area contributed by atoms with Crippen molar-refractivity contribution in [3.8, 4) is 5.69 Å². The Labute approximate surface area is 97.4 Å². The van der Waals surface area contributed by atoms with Crippen LogP contribution in [0.4, 0.5) is 5.69 Å². The van der Waals surface area contributed by atoms with Gasteiger partial charge in [-0.3, -0.25) is 0 Å². The molecule has 0 saturated heterocycles. The molecule has 0 bridgehead atoms. The molecule has 2 rings (SSSR count). The van der Waals surface area contributed by atoms with Crippen molar-refractivity contribution in [1.29, 1.82) is 0 Å². The van der Waals surface area contributed by atoms with Crippen molar-refractivity contribution in [1.82, 2.24) is 9.78 Å². The van der Waals surface area contributed by atoms with E-state index in [4.69, 9.17) is 28.9 Å². The Morgan fingerprint density at radius 3 is 2.60 bits per heavy atom. The molecule has 0 spiro atoms. The normalized spacial score (nSPS) is 10.6. The van der Waals surface area contributed by atoms with Crippen LogP contribution in [0, 0.1) is 6.92 Å². The van der Waals surface area contributed by atoms with Gasteiger partial charge < -0.3 is 5.73 Å². The molecule has 15 heavy (non-hydrogen) atoms. The minimum Gasteiger partial charge on any atom is -0.396 e. The highest BCUT2D eigenvalue weighted by molar-refractivity contribution is 6.35. The molecule has 0 aliphatic carbocycles. The number of hydrogen-bond donors (Lipinski definition) is 1. The van der Waals surface area contributed by atoms with Crippen LogP contribution in [0.5, 0.6) is 0 Å². The van der Waals surface area contributed by atoms with E-state index in [9.17, 15) is 0 Å². The van der Waals surface area contributed by atoms with Crippen LogP contribution in [-0.2, 0) is 0 Å². The van der Waals surface area contributed by atoms with Gasteiger partial charge in [0.25, 0.3) is 0 Å². The molecule has 1 aromatic carbocycles. The van der Waals surface area contributed by atoms with Crippen LogP contribution in [-0.4, -0.2) is 9.78 Å². The third-order valence-corrected chi connectivity index (χ3v) is 2.72. The molecule has 0 radical (unpaired) electrons. The van der Waals surface area contributed by atoms with E-state index in [1.54, 1.807) is 23.0 Å². The summed E-state index contributed by atoms with van der Waals surface area (Å²) >= 11 is 11.9. The average molecular weight is 242 g/mol. The summed E-state index contributed by atoms with van der Waals surface area (Å²) < 4.78 is 1.69. The smallest absolute Gasteiger partial charge is 0.0836 e. The summed E-state index contributed by atoms with van der Waals surface area (Å²) in [5, 5.41) is 5.29. The quantitative estimate of drug-likeness (QED) is 0.835. The van der Waals surface area contributed by atoms with Gasteiger partial charge in [0.05, 0.1) is 28.3 Å². The zero-order valence-electron chi connectivity index (χ0n) is 8.04. The highest BCUT2D eigenvalue weighted by Crippen LogP contribution is 2.25. The first-order valence-electron chi connectivity index (χ1n) is 4.35. The molecule has 1 aromatic heterocycles. The van der Waals surface area contributed by atoms with Crippen molar-refractivity contribution in [3.63, 3.8) is 0 Å². The maximum absolute atomic E-state index is 6.06. The maximum Gasteiger partial charge on any atom is 0.0836 e. The molecule has 0 aliphatic rings. The second-order valence-electron chi connectivity index (χ2n) is 3.19. The van der Waals surface area contributed by atoms with E-state index in [1.165, 1.54) is 0 Å². The largest absolute Gasteiger partial charge is 0.396 e. The fourth-order valence-corrected chi connectivity index (χ4v) is 1.81. The van der Waals surface area contributed by atoms with Crippen LogP contribution in [0.25, 0.3) is 5.69 Å². The standard InChI is InChI=1S/C10H9Cl2N3/c1-6-9(13)5-14-15(6)10-3-2-7(11)4-8(10)12/h2-5H,13H2,1H3. The van der Waals surface area contributed by atoms with Crippen LogP contribution < -0.4 is 5.73 Å². The Morgan fingerprint density at radius 1 is 1.33 bits per heavy atom. The lowest BCUT2D eigenvalue weighted by atomic mass is 10.3. The number of rotatable bonds is 1. The number of nitrogens with zero attached hydrogens (tertiary/aromatic N) is 2. The first-order chi connectivity index (χ1) is 7.09. The highest BCUT2D eigenvalue weighted by atomic mass is 35.5. The van der Waals surface area contributed by atoms with Gasteiger partial charge in [0.1, 0.15) is 0 Å². The molecule has 0 atom stereocenters. The summed E-state index contributed by atoms with van der Waals surface area (Å²) in [6, 6.07) is 5.25. The van der Waals surface area contributed by atoms with Crippen molar-refractivity contribution in [2.75, 3.05) is 5.73 Å². The van der Waals surface area contributed by atoms with Crippen LogP contribution in [0.1, 0.15) is 5.69 Å². The maximum atomic E-state index is 6.06. The number of hydrogen-bond acceptors (Lipinski definition) is 2. The number of benzene rings is 1. The number of nitrogens with two attached hydrogens (primary N) is 1. The third-order valence-electron chi connectivity index (χ3n) is 2.19. The summed E-state index contributed by atoms with van der Waals surface area (Å²) in [6.45, 7) is 1.88. The molecule has 3 nitrogen and oxygen atoms in total. The second-order valence-corrected chi connectivity index (χ2v) is 4.04. The molecular formula is C10H9Cl2N3. The van der Waals surface area contributed by atoms with E-state index >= 15 is 0 Å². The Hall–Kier alpha value is -1.19. The van der Waals surface area contributed by atoms with E-state index in [0.717, 1.165) is 11.4 Å². The van der Waals surface area contributed by atoms with Crippen LogP contribution in [0.15, 0.2) is 24.4 Å². The summed E-state index contributed by atoms with van der Waals surface area (Å²) in [4.78, 5) is 0. The fourth-order valence-electron chi connectivity index (χ4n) is 1.32. The number of nitrogen functional groups attached to an aromatic ring is 1. The van der Waals surface area contributed by atoms with E-state index in [1.807, 2.05) is 13.0 Å². The number of anilines is 1. The van der Waals surface area contributed by atoms with Crippen LogP contribution in [0.3, 0.4) is 0 Å². The number of halogens is 2. The number of aromatic nitrogens is 2. The van der Waals surface area contributed by atoms with Crippen molar-refractivity contribution in [2.24, 2.45) is 0 Å². The van der Waals surface area contributed by atoms with Gasteiger partial charge in [0, 0.05) is 5.02 Å². The summed E-state index contributed by atoms with van der Waals surface area (Å²) in [7, 11) is 0. The minimum absolute atomic E-state index is 0.550. The molecule has 5 heteroatoms. The Morgan fingerprint density at radius 2 is 2.07 bits per heavy atom. The zero-order valence-corrected chi connectivity index (χ0v) is 9.55. The van der Waals surface area contributed by atoms with Gasteiger partial charge in [0.2, 0.25) is 0 Å². The van der Waals surface area contributed by atoms with Crippen molar-refractivity contribution in [2.45, 2.75) is 6.92 Å². The van der Waals surface area contributed by atoms with Gasteiger partial charge in [-0.25, -0.2) is 4.68 Å². The minimum atomic E-state index is 0.550. The monoisotopic (exact) mass is 241 g/mol. The molecular weight excluding hydrogens is 233 g/mol. The molecule has 0 amide bonds. The Bertz CT molecular complexity index is 505. The molecule has 0 unspecified atom stereocenters. The van der Waals surface area contributed by atoms with Crippen LogP contribution in [0.2, 0.25) is 10.0 Å². The first kappa shape index (κ1) is 10.3. The highest BCUT2D eigenvalue weighted by Gasteiger charge is 2.08. The average Bonchev–Trinajstić information content (AvgIpc) is 2.49. The zero-order chi connectivity index (χ0) is 11.0. The van der Waals surface area contributed by atoms with Gasteiger partial charge in [-0.1, -0.05) is 23.2 Å². The summed E-state index contributed by atoms with van der Waals surface area (Å²) in [5.41, 5.74) is 7.98. The van der Waals surface area contributed by atoms with E-state index in [2.05, 4.69) is 5.10 Å². The molecule has 78 valence electrons. The summed E-state index contributed by atoms with van der Waals surface area (Å²) in [5.74, 6) is 0. The predicted molar refractivity (Wildman–Crippen MR) is 62.7 cm³/mol. The topological polar surface area (TPSA) is 43.8 Å². The molecule has 2 N–H and O–H groups in total. The van der Waals surface area contributed by atoms with Gasteiger partial charge in [0.15, 0.2) is 0 Å². The lowest BCUT2D eigenvalue weighted by Gasteiger charge is -2.06. The molecule has 2 aromatic rings. The van der Waals surface area contributed by atoms with E-state index in [-0.39, 0.29) is 0 Å². The lowest BCUT2D eigenvalue weighted by molar-refractivity contribution is 0.848. The van der Waals surface area contributed by atoms with Crippen molar-refractivity contribution in [3.05, 3.63) is 40.1 Å². The van der Waals surface area contributed by atoms with Gasteiger partial charge >= 0.3 is 0 Å². The molecule has 0 fully saturated rings. The summed E-state index contributed by atoms with van der Waals surface area (Å²) in [6.07, 6.45) is 1.60. The van der Waals surface area contributed by atoms with Gasteiger partial charge in [-0.2, -0.15) is 5.10 Å². The molecule has 0 aliphatic heterocycles. The molecule has 1 heterocycles. The van der Waals surface area contributed by atoms with E-state index < -0.39 is 0 Å². The van der Waals surface area contributed by atoms with Gasteiger partial charge in [-0.15, -0.1) is 0 Å². The fraction of sp³-hybridized carbons (Fsp3) is 0.100. The predicted octanol–water partition coefficient (Wildman–Crippen LogP) is 3.07. The third kappa shape index (κ3) is 1.80. The van der Waals surface area contributed by atoms with Crippen molar-refractivity contribution < 1.29 is 0 Å². The first-order valence-corrected chi connectivity index (χ1v) is 5.10. The van der Waals surface area contributed by atoms with E-state index in [0.29, 0.717) is 15.7 Å². The van der Waals surface area contributed by atoms with Gasteiger partial charge in [-0.05, 0) is 25.1 Å². The van der Waals surface area contributed by atoms with Crippen molar-refractivity contribution >= 4 is 28.9 Å². The lowest BCUT2D eigenvalue weighted by Crippen LogP contribution is -2.00. The SMILES string of the molecule is Cc1c(N)cnn1-c1ccc(Cl)cc1Cl.